The third-order valence-corrected chi connectivity index (χ3v) is 10.2. The van der Waals surface area contributed by atoms with Gasteiger partial charge in [-0.3, -0.25) is 9.59 Å². The van der Waals surface area contributed by atoms with E-state index < -0.39 is 18.2 Å². The summed E-state index contributed by atoms with van der Waals surface area (Å²) >= 11 is 0. The summed E-state index contributed by atoms with van der Waals surface area (Å²) in [7, 11) is 0. The second-order valence-corrected chi connectivity index (χ2v) is 15.5. The van der Waals surface area contributed by atoms with Gasteiger partial charge in [-0.15, -0.1) is 0 Å². The first-order valence-corrected chi connectivity index (χ1v) is 22.7. The van der Waals surface area contributed by atoms with Crippen molar-refractivity contribution in [2.75, 3.05) is 6.61 Å². The maximum Gasteiger partial charge on any atom is 0.306 e. The van der Waals surface area contributed by atoms with Crippen LogP contribution in [0.15, 0.2) is 36.5 Å². The van der Waals surface area contributed by atoms with Crippen LogP contribution >= 0.6 is 0 Å². The molecule has 0 spiro atoms. The summed E-state index contributed by atoms with van der Waals surface area (Å²) in [6, 6.07) is -0.704. The van der Waals surface area contributed by atoms with Crippen molar-refractivity contribution in [2.24, 2.45) is 0 Å². The normalized spacial score (nSPS) is 13.7. The van der Waals surface area contributed by atoms with E-state index in [0.717, 1.165) is 77.0 Å². The molecule has 3 unspecified atom stereocenters. The van der Waals surface area contributed by atoms with Gasteiger partial charge in [0.2, 0.25) is 5.91 Å². The number of carbonyl (C=O) groups excluding carboxylic acids is 2. The number of carbonyl (C=O) groups is 2. The average molecular weight is 746 g/mol. The molecule has 0 fully saturated rings. The van der Waals surface area contributed by atoms with Crippen LogP contribution in [0.25, 0.3) is 0 Å². The summed E-state index contributed by atoms with van der Waals surface area (Å²) in [5.74, 6) is -0.505. The Labute approximate surface area is 328 Å². The molecule has 0 aromatic heterocycles. The van der Waals surface area contributed by atoms with Gasteiger partial charge in [0.1, 0.15) is 6.10 Å². The number of ether oxygens (including phenoxy) is 1. The highest BCUT2D eigenvalue weighted by atomic mass is 16.5. The van der Waals surface area contributed by atoms with E-state index >= 15 is 0 Å². The Hall–Kier alpha value is -1.92. The SMILES string of the molecule is CCCC/C=C\CCCCCC(CC(=O)NC(CO)C(O)CCCCCCCCCCCC)OC(=O)CCCCCCCC/C=C/C=C/CCCCC. The highest BCUT2D eigenvalue weighted by Crippen LogP contribution is 2.17. The first-order valence-electron chi connectivity index (χ1n) is 22.7. The summed E-state index contributed by atoms with van der Waals surface area (Å²) in [5, 5.41) is 23.6. The van der Waals surface area contributed by atoms with Crippen molar-refractivity contribution < 1.29 is 24.5 Å². The molecule has 0 aliphatic heterocycles. The topological polar surface area (TPSA) is 95.9 Å². The average Bonchev–Trinajstić information content (AvgIpc) is 3.15. The molecule has 3 atom stereocenters. The molecule has 0 saturated carbocycles. The van der Waals surface area contributed by atoms with Crippen LogP contribution in [-0.2, 0) is 14.3 Å². The zero-order valence-electron chi connectivity index (χ0n) is 35.1. The van der Waals surface area contributed by atoms with E-state index in [-0.39, 0.29) is 24.9 Å². The molecule has 0 aliphatic carbocycles. The van der Waals surface area contributed by atoms with Crippen LogP contribution in [-0.4, -0.2) is 46.9 Å². The van der Waals surface area contributed by atoms with E-state index in [1.807, 2.05) is 0 Å². The number of aliphatic hydroxyl groups is 2. The second-order valence-electron chi connectivity index (χ2n) is 15.5. The minimum Gasteiger partial charge on any atom is -0.462 e. The van der Waals surface area contributed by atoms with Crippen molar-refractivity contribution >= 4 is 11.9 Å². The van der Waals surface area contributed by atoms with E-state index in [9.17, 15) is 19.8 Å². The Bertz CT molecular complexity index is 884. The van der Waals surface area contributed by atoms with Crippen LogP contribution in [0.3, 0.4) is 0 Å². The van der Waals surface area contributed by atoms with Gasteiger partial charge in [-0.1, -0.05) is 179 Å². The Morgan fingerprint density at radius 3 is 1.57 bits per heavy atom. The molecule has 0 aromatic rings. The van der Waals surface area contributed by atoms with Crippen molar-refractivity contribution in [3.05, 3.63) is 36.5 Å². The zero-order chi connectivity index (χ0) is 38.9. The molecule has 0 radical (unpaired) electrons. The van der Waals surface area contributed by atoms with Crippen molar-refractivity contribution in [2.45, 2.75) is 244 Å². The molecular formula is C47H87NO5. The largest absolute Gasteiger partial charge is 0.462 e. The quantitative estimate of drug-likeness (QED) is 0.0251. The molecular weight excluding hydrogens is 659 g/mol. The third kappa shape index (κ3) is 36.8. The summed E-state index contributed by atoms with van der Waals surface area (Å²) < 4.78 is 5.88. The van der Waals surface area contributed by atoms with E-state index in [1.165, 1.54) is 103 Å². The molecule has 0 saturated heterocycles. The molecule has 6 nitrogen and oxygen atoms in total. The number of allylic oxidation sites excluding steroid dienone is 6. The lowest BCUT2D eigenvalue weighted by molar-refractivity contribution is -0.151. The first-order chi connectivity index (χ1) is 26.0. The van der Waals surface area contributed by atoms with Gasteiger partial charge in [-0.05, 0) is 70.6 Å². The molecule has 0 bridgehead atoms. The van der Waals surface area contributed by atoms with Crippen molar-refractivity contribution in [3.63, 3.8) is 0 Å². The Morgan fingerprint density at radius 2 is 0.981 bits per heavy atom. The number of esters is 1. The minimum absolute atomic E-state index is 0.0627. The van der Waals surface area contributed by atoms with E-state index in [4.69, 9.17) is 4.74 Å². The van der Waals surface area contributed by atoms with E-state index in [1.54, 1.807) is 0 Å². The lowest BCUT2D eigenvalue weighted by Crippen LogP contribution is -2.46. The second kappa shape index (κ2) is 41.2. The van der Waals surface area contributed by atoms with Gasteiger partial charge in [-0.2, -0.15) is 0 Å². The van der Waals surface area contributed by atoms with Gasteiger partial charge >= 0.3 is 5.97 Å². The molecule has 0 rings (SSSR count). The van der Waals surface area contributed by atoms with Crippen LogP contribution in [0.1, 0.15) is 226 Å². The third-order valence-electron chi connectivity index (χ3n) is 10.2. The van der Waals surface area contributed by atoms with Gasteiger partial charge in [0.05, 0.1) is 25.2 Å². The Kier molecular flexibility index (Phi) is 39.8. The fourth-order valence-electron chi connectivity index (χ4n) is 6.69. The molecule has 1 amide bonds. The van der Waals surface area contributed by atoms with Crippen LogP contribution in [0.2, 0.25) is 0 Å². The van der Waals surface area contributed by atoms with Crippen LogP contribution in [0.5, 0.6) is 0 Å². The molecule has 0 heterocycles. The number of hydrogen-bond acceptors (Lipinski definition) is 5. The fourth-order valence-corrected chi connectivity index (χ4v) is 6.69. The number of hydrogen-bond donors (Lipinski definition) is 3. The monoisotopic (exact) mass is 746 g/mol. The molecule has 0 aliphatic rings. The van der Waals surface area contributed by atoms with Crippen molar-refractivity contribution in [1.82, 2.24) is 5.32 Å². The van der Waals surface area contributed by atoms with Gasteiger partial charge in [0.25, 0.3) is 0 Å². The number of rotatable bonds is 40. The first kappa shape index (κ1) is 51.1. The fraction of sp³-hybridized carbons (Fsp3) is 0.830. The summed E-state index contributed by atoms with van der Waals surface area (Å²) in [5.41, 5.74) is 0. The Balaban J connectivity index is 4.55. The van der Waals surface area contributed by atoms with Gasteiger partial charge in [-0.25, -0.2) is 0 Å². The minimum atomic E-state index is -0.789. The van der Waals surface area contributed by atoms with Gasteiger partial charge in [0, 0.05) is 6.42 Å². The zero-order valence-corrected chi connectivity index (χ0v) is 35.1. The highest BCUT2D eigenvalue weighted by Gasteiger charge is 2.24. The highest BCUT2D eigenvalue weighted by molar-refractivity contribution is 5.77. The predicted molar refractivity (Wildman–Crippen MR) is 227 cm³/mol. The lowest BCUT2D eigenvalue weighted by atomic mass is 10.0. The molecule has 6 heteroatoms. The molecule has 310 valence electrons. The number of unbranched alkanes of at least 4 members (excludes halogenated alkanes) is 23. The summed E-state index contributed by atoms with van der Waals surface area (Å²) in [6.45, 7) is 6.38. The maximum absolute atomic E-state index is 13.1. The van der Waals surface area contributed by atoms with E-state index in [0.29, 0.717) is 19.3 Å². The molecule has 0 aromatic carbocycles. The molecule has 53 heavy (non-hydrogen) atoms. The smallest absolute Gasteiger partial charge is 0.306 e. The standard InChI is InChI=1S/C47H87NO5/c1-4-7-10-13-16-19-21-22-23-24-25-28-31-34-37-40-47(52)53-43(38-35-32-29-26-18-15-12-9-6-3)41-46(51)48-44(42-49)45(50)39-36-33-30-27-20-17-14-11-8-5-2/h15-16,18-19,21-22,43-45,49-50H,4-14,17,20,23-42H2,1-3H3,(H,48,51)/b18-15-,19-16+,22-21+. The lowest BCUT2D eigenvalue weighted by Gasteiger charge is -2.24. The number of aliphatic hydroxyl groups excluding tert-OH is 2. The van der Waals surface area contributed by atoms with Crippen molar-refractivity contribution in [1.29, 1.82) is 0 Å². The molecule has 3 N–H and O–H groups in total. The van der Waals surface area contributed by atoms with Gasteiger partial charge < -0.3 is 20.3 Å². The van der Waals surface area contributed by atoms with Crippen LogP contribution < -0.4 is 5.32 Å². The maximum atomic E-state index is 13.1. The van der Waals surface area contributed by atoms with E-state index in [2.05, 4.69) is 62.5 Å². The summed E-state index contributed by atoms with van der Waals surface area (Å²) in [6.07, 6.45) is 46.3. The van der Waals surface area contributed by atoms with Crippen LogP contribution in [0, 0.1) is 0 Å². The van der Waals surface area contributed by atoms with Crippen LogP contribution in [0.4, 0.5) is 0 Å². The van der Waals surface area contributed by atoms with Crippen molar-refractivity contribution in [3.8, 4) is 0 Å². The number of amides is 1. The Morgan fingerprint density at radius 1 is 0.547 bits per heavy atom. The summed E-state index contributed by atoms with van der Waals surface area (Å²) in [4.78, 5) is 25.9. The number of nitrogens with one attached hydrogen (secondary N) is 1. The predicted octanol–water partition coefficient (Wildman–Crippen LogP) is 12.9. The van der Waals surface area contributed by atoms with Gasteiger partial charge in [0.15, 0.2) is 0 Å².